The third kappa shape index (κ3) is 2.27. The Hall–Kier alpha value is -3.23. The molecule has 0 aliphatic heterocycles. The number of fused-ring (bicyclic) bond motifs is 1. The summed E-state index contributed by atoms with van der Waals surface area (Å²) >= 11 is 0. The highest BCUT2D eigenvalue weighted by Crippen LogP contribution is 2.57. The van der Waals surface area contributed by atoms with Crippen LogP contribution < -0.4 is 10.5 Å². The molecule has 1 aromatic rings. The molecule has 2 atom stereocenters. The minimum absolute atomic E-state index is 0.0558. The first-order chi connectivity index (χ1) is 12.1. The van der Waals surface area contributed by atoms with Crippen LogP contribution in [0.1, 0.15) is 30.7 Å². The molecule has 0 amide bonds. The van der Waals surface area contributed by atoms with Gasteiger partial charge in [-0.3, -0.25) is 0 Å². The minimum Gasteiger partial charge on any atom is -0.496 e. The van der Waals surface area contributed by atoms with Crippen LogP contribution in [0, 0.1) is 45.3 Å². The summed E-state index contributed by atoms with van der Waals surface area (Å²) in [6.07, 6.45) is 4.65. The van der Waals surface area contributed by atoms with E-state index in [4.69, 9.17) is 10.5 Å². The lowest BCUT2D eigenvalue weighted by molar-refractivity contribution is 0.305. The van der Waals surface area contributed by atoms with Crippen LogP contribution in [0.4, 0.5) is 0 Å². The van der Waals surface area contributed by atoms with E-state index < -0.39 is 11.3 Å². The van der Waals surface area contributed by atoms with Gasteiger partial charge in [-0.2, -0.15) is 15.8 Å². The molecule has 3 rings (SSSR count). The lowest BCUT2D eigenvalue weighted by atomic mass is 9.56. The molecule has 2 unspecified atom stereocenters. The average Bonchev–Trinajstić information content (AvgIpc) is 2.67. The van der Waals surface area contributed by atoms with E-state index in [1.807, 2.05) is 30.3 Å². The number of hydrogen-bond acceptors (Lipinski definition) is 5. The molecule has 0 spiro atoms. The molecular formula is C20H18N4O. The van der Waals surface area contributed by atoms with Crippen molar-refractivity contribution in [1.29, 1.82) is 15.8 Å². The average molecular weight is 330 g/mol. The second-order valence-electron chi connectivity index (χ2n) is 6.35. The summed E-state index contributed by atoms with van der Waals surface area (Å²) in [7, 11) is 1.57. The highest BCUT2D eigenvalue weighted by molar-refractivity contribution is 5.60. The Morgan fingerprint density at radius 3 is 2.56 bits per heavy atom. The van der Waals surface area contributed by atoms with Crippen molar-refractivity contribution in [3.05, 3.63) is 52.7 Å². The van der Waals surface area contributed by atoms with Crippen LogP contribution in [-0.2, 0) is 0 Å². The quantitative estimate of drug-likeness (QED) is 0.895. The highest BCUT2D eigenvalue weighted by atomic mass is 16.5. The summed E-state index contributed by atoms with van der Waals surface area (Å²) in [5.41, 5.74) is 6.66. The van der Waals surface area contributed by atoms with E-state index in [0.29, 0.717) is 11.3 Å². The van der Waals surface area contributed by atoms with E-state index in [0.717, 1.165) is 30.4 Å². The molecule has 0 heterocycles. The molecule has 0 bridgehead atoms. The summed E-state index contributed by atoms with van der Waals surface area (Å²) in [4.78, 5) is 0. The van der Waals surface area contributed by atoms with E-state index in [2.05, 4.69) is 18.2 Å². The molecule has 0 saturated carbocycles. The SMILES string of the molecule is COc1ccccc1C1C2CCCC=C2C(C#N)=C(N)C1(C#N)C#N. The summed E-state index contributed by atoms with van der Waals surface area (Å²) < 4.78 is 5.49. The molecule has 2 N–H and O–H groups in total. The van der Waals surface area contributed by atoms with Gasteiger partial charge in [0, 0.05) is 11.5 Å². The number of para-hydroxylation sites is 1. The third-order valence-corrected chi connectivity index (χ3v) is 5.27. The van der Waals surface area contributed by atoms with Crippen LogP contribution in [0.2, 0.25) is 0 Å². The van der Waals surface area contributed by atoms with Crippen LogP contribution in [-0.4, -0.2) is 7.11 Å². The van der Waals surface area contributed by atoms with Gasteiger partial charge in [-0.15, -0.1) is 0 Å². The van der Waals surface area contributed by atoms with Crippen LogP contribution in [0.25, 0.3) is 0 Å². The van der Waals surface area contributed by atoms with Gasteiger partial charge in [0.1, 0.15) is 11.8 Å². The molecule has 25 heavy (non-hydrogen) atoms. The van der Waals surface area contributed by atoms with Crippen molar-refractivity contribution in [2.24, 2.45) is 17.1 Å². The van der Waals surface area contributed by atoms with Crippen LogP contribution in [0.3, 0.4) is 0 Å². The summed E-state index contributed by atoms with van der Waals surface area (Å²) in [6.45, 7) is 0. The molecule has 0 saturated heterocycles. The van der Waals surface area contributed by atoms with Gasteiger partial charge in [-0.1, -0.05) is 24.3 Å². The van der Waals surface area contributed by atoms with Crippen molar-refractivity contribution in [3.8, 4) is 24.0 Å². The Labute approximate surface area is 147 Å². The molecule has 2 aliphatic carbocycles. The van der Waals surface area contributed by atoms with Gasteiger partial charge in [0.05, 0.1) is 30.5 Å². The zero-order valence-corrected chi connectivity index (χ0v) is 14.0. The number of nitrogens with two attached hydrogens (primary N) is 1. The Morgan fingerprint density at radius 1 is 1.20 bits per heavy atom. The number of hydrogen-bond donors (Lipinski definition) is 1. The van der Waals surface area contributed by atoms with Crippen LogP contribution in [0.5, 0.6) is 5.75 Å². The van der Waals surface area contributed by atoms with Gasteiger partial charge >= 0.3 is 0 Å². The molecule has 1 aromatic carbocycles. The predicted molar refractivity (Wildman–Crippen MR) is 91.6 cm³/mol. The van der Waals surface area contributed by atoms with E-state index in [9.17, 15) is 15.8 Å². The molecule has 0 radical (unpaired) electrons. The number of rotatable bonds is 2. The standard InChI is InChI=1S/C20H18N4O/c1-25-17-9-5-4-8-15(17)18-14-7-3-2-6-13(14)16(10-21)19(24)20(18,11-22)12-23/h4-6,8-9,14,18H,2-3,7,24H2,1H3. The maximum absolute atomic E-state index is 9.95. The molecule has 0 aromatic heterocycles. The lowest BCUT2D eigenvalue weighted by Gasteiger charge is -2.43. The number of nitriles is 3. The van der Waals surface area contributed by atoms with Gasteiger partial charge in [-0.25, -0.2) is 0 Å². The van der Waals surface area contributed by atoms with Gasteiger partial charge in [0.2, 0.25) is 0 Å². The van der Waals surface area contributed by atoms with E-state index in [-0.39, 0.29) is 11.6 Å². The second kappa shape index (κ2) is 6.34. The maximum Gasteiger partial charge on any atom is 0.191 e. The smallest absolute Gasteiger partial charge is 0.191 e. The number of methoxy groups -OCH3 is 1. The zero-order valence-electron chi connectivity index (χ0n) is 14.0. The second-order valence-corrected chi connectivity index (χ2v) is 6.35. The van der Waals surface area contributed by atoms with E-state index in [1.165, 1.54) is 0 Å². The van der Waals surface area contributed by atoms with E-state index in [1.54, 1.807) is 7.11 Å². The topological polar surface area (TPSA) is 107 Å². The molecule has 124 valence electrons. The van der Waals surface area contributed by atoms with Gasteiger partial charge in [0.25, 0.3) is 0 Å². The van der Waals surface area contributed by atoms with Gasteiger partial charge < -0.3 is 10.5 Å². The van der Waals surface area contributed by atoms with Crippen LogP contribution in [0.15, 0.2) is 47.2 Å². The first-order valence-corrected chi connectivity index (χ1v) is 8.20. The first-order valence-electron chi connectivity index (χ1n) is 8.20. The summed E-state index contributed by atoms with van der Waals surface area (Å²) in [6, 6.07) is 13.8. The summed E-state index contributed by atoms with van der Waals surface area (Å²) in [5, 5.41) is 29.5. The maximum atomic E-state index is 9.95. The van der Waals surface area contributed by atoms with Gasteiger partial charge in [-0.05, 0) is 36.8 Å². The molecule has 5 nitrogen and oxygen atoms in total. The number of nitrogens with zero attached hydrogens (tertiary/aromatic N) is 3. The monoisotopic (exact) mass is 330 g/mol. The number of benzene rings is 1. The number of allylic oxidation sites excluding steroid dienone is 4. The Balaban J connectivity index is 2.36. The summed E-state index contributed by atoms with van der Waals surface area (Å²) in [5.74, 6) is 0.0501. The number of ether oxygens (including phenoxy) is 1. The van der Waals surface area contributed by atoms with Crippen molar-refractivity contribution in [1.82, 2.24) is 0 Å². The first kappa shape index (κ1) is 16.6. The van der Waals surface area contributed by atoms with Crippen LogP contribution >= 0.6 is 0 Å². The van der Waals surface area contributed by atoms with Gasteiger partial charge in [0.15, 0.2) is 5.41 Å². The predicted octanol–water partition coefficient (Wildman–Crippen LogP) is 3.29. The lowest BCUT2D eigenvalue weighted by Crippen LogP contribution is -2.42. The third-order valence-electron chi connectivity index (χ3n) is 5.27. The fourth-order valence-electron chi connectivity index (χ4n) is 4.14. The molecular weight excluding hydrogens is 312 g/mol. The highest BCUT2D eigenvalue weighted by Gasteiger charge is 2.54. The van der Waals surface area contributed by atoms with Crippen molar-refractivity contribution >= 4 is 0 Å². The minimum atomic E-state index is -1.58. The Bertz CT molecular complexity index is 877. The van der Waals surface area contributed by atoms with Crippen molar-refractivity contribution in [2.45, 2.75) is 25.2 Å². The fraction of sp³-hybridized carbons (Fsp3) is 0.350. The Morgan fingerprint density at radius 2 is 1.92 bits per heavy atom. The van der Waals surface area contributed by atoms with E-state index >= 15 is 0 Å². The largest absolute Gasteiger partial charge is 0.496 e. The Kier molecular flexibility index (Phi) is 4.22. The van der Waals surface area contributed by atoms with Crippen molar-refractivity contribution in [2.75, 3.05) is 7.11 Å². The molecule has 5 heteroatoms. The fourth-order valence-corrected chi connectivity index (χ4v) is 4.14. The van der Waals surface area contributed by atoms with Crippen molar-refractivity contribution in [3.63, 3.8) is 0 Å². The molecule has 0 fully saturated rings. The normalized spacial score (nSPS) is 24.2. The van der Waals surface area contributed by atoms with Crippen molar-refractivity contribution < 1.29 is 4.74 Å². The zero-order chi connectivity index (χ0) is 18.0. The molecule has 2 aliphatic rings.